The van der Waals surface area contributed by atoms with E-state index >= 15 is 0 Å². The Morgan fingerprint density at radius 1 is 1.26 bits per heavy atom. The number of nitrogens with zero attached hydrogens (tertiary/aromatic N) is 3. The van der Waals surface area contributed by atoms with Gasteiger partial charge in [0.1, 0.15) is 22.7 Å². The number of rotatable bonds is 5. The summed E-state index contributed by atoms with van der Waals surface area (Å²) in [6, 6.07) is 5.26. The van der Waals surface area contributed by atoms with E-state index in [9.17, 15) is 27.2 Å². The molecule has 3 heterocycles. The largest absolute Gasteiger partial charge is 0.458 e. The molecule has 0 aliphatic heterocycles. The normalized spacial score (nSPS) is 11.7. The van der Waals surface area contributed by atoms with Gasteiger partial charge >= 0.3 is 12.1 Å². The summed E-state index contributed by atoms with van der Waals surface area (Å²) >= 11 is 0. The van der Waals surface area contributed by atoms with Gasteiger partial charge in [-0.25, -0.2) is 18.7 Å². The van der Waals surface area contributed by atoms with Crippen molar-refractivity contribution in [2.75, 3.05) is 6.61 Å². The van der Waals surface area contributed by atoms with E-state index in [0.717, 1.165) is 6.07 Å². The molecule has 0 spiro atoms. The number of alkyl halides is 3. The van der Waals surface area contributed by atoms with Crippen LogP contribution in [0.3, 0.4) is 0 Å². The van der Waals surface area contributed by atoms with E-state index in [-0.39, 0.29) is 28.8 Å². The third-order valence-corrected chi connectivity index (χ3v) is 4.21. The number of carbonyl (C=O) groups excluding carboxylic acids is 2. The van der Waals surface area contributed by atoms with Gasteiger partial charge in [0, 0.05) is 17.8 Å². The van der Waals surface area contributed by atoms with Crippen molar-refractivity contribution in [3.8, 4) is 0 Å². The maximum atomic E-state index is 14.1. The van der Waals surface area contributed by atoms with Crippen LogP contribution in [0.15, 0.2) is 47.3 Å². The molecule has 0 aliphatic rings. The van der Waals surface area contributed by atoms with Crippen molar-refractivity contribution in [1.29, 1.82) is 0 Å². The number of esters is 1. The Kier molecular flexibility index (Phi) is 5.05. The quantitative estimate of drug-likeness (QED) is 0.381. The summed E-state index contributed by atoms with van der Waals surface area (Å²) in [4.78, 5) is 28.5. The molecule has 0 aliphatic carbocycles. The third kappa shape index (κ3) is 4.17. The number of hydrogen-bond acceptors (Lipinski definition) is 6. The second-order valence-electron chi connectivity index (χ2n) is 6.37. The number of carbonyl (C=O) groups is 2. The van der Waals surface area contributed by atoms with Crippen molar-refractivity contribution in [1.82, 2.24) is 19.9 Å². The Morgan fingerprint density at radius 2 is 2.06 bits per heavy atom. The minimum absolute atomic E-state index is 0.142. The minimum Gasteiger partial charge on any atom is -0.458 e. The van der Waals surface area contributed by atoms with Gasteiger partial charge in [0.2, 0.25) is 0 Å². The summed E-state index contributed by atoms with van der Waals surface area (Å²) in [5.41, 5.74) is -0.499. The topological polar surface area (TPSA) is 98.7 Å². The molecule has 160 valence electrons. The zero-order valence-corrected chi connectivity index (χ0v) is 15.4. The number of furan rings is 1. The van der Waals surface area contributed by atoms with E-state index in [4.69, 9.17) is 4.42 Å². The Labute approximate surface area is 170 Å². The van der Waals surface area contributed by atoms with Crippen LogP contribution in [-0.2, 0) is 11.3 Å². The van der Waals surface area contributed by atoms with E-state index < -0.39 is 36.0 Å². The van der Waals surface area contributed by atoms with Gasteiger partial charge in [0.15, 0.2) is 17.8 Å². The van der Waals surface area contributed by atoms with Crippen LogP contribution in [0.25, 0.3) is 16.6 Å². The second kappa shape index (κ2) is 7.70. The van der Waals surface area contributed by atoms with Gasteiger partial charge in [-0.05, 0) is 24.3 Å². The van der Waals surface area contributed by atoms with Gasteiger partial charge in [-0.15, -0.1) is 0 Å². The number of benzene rings is 1. The first kappa shape index (κ1) is 20.3. The number of ether oxygens (including phenoxy) is 1. The molecular formula is C19H12F4N4O4. The molecule has 1 amide bonds. The molecule has 0 bridgehead atoms. The van der Waals surface area contributed by atoms with Crippen LogP contribution in [0.5, 0.6) is 0 Å². The molecular weight excluding hydrogens is 424 g/mol. The lowest BCUT2D eigenvalue weighted by Gasteiger charge is -2.08. The van der Waals surface area contributed by atoms with Gasteiger partial charge in [0.25, 0.3) is 5.91 Å². The Hall–Kier alpha value is -3.96. The van der Waals surface area contributed by atoms with E-state index in [1.807, 2.05) is 0 Å². The first-order chi connectivity index (χ1) is 14.7. The monoisotopic (exact) mass is 436 g/mol. The fourth-order valence-corrected chi connectivity index (χ4v) is 2.88. The lowest BCUT2D eigenvalue weighted by Crippen LogP contribution is -2.22. The molecule has 1 aromatic carbocycles. The van der Waals surface area contributed by atoms with Gasteiger partial charge in [-0.3, -0.25) is 4.79 Å². The molecule has 0 fully saturated rings. The van der Waals surface area contributed by atoms with Gasteiger partial charge in [0.05, 0.1) is 12.7 Å². The number of aromatic nitrogens is 3. The zero-order chi connectivity index (χ0) is 22.2. The van der Waals surface area contributed by atoms with Crippen LogP contribution < -0.4 is 5.32 Å². The standard InChI is InChI=1S/C19H12F4N4O4/c20-13-3-2-10-6-11(31-15(10)14(13)18(29)30-9-19(21,22)23)7-25-17(28)12-8-26-27-5-1-4-24-16(12)27/h1-6,8H,7,9H2,(H,25,28). The maximum absolute atomic E-state index is 14.1. The predicted octanol–water partition coefficient (Wildman–Crippen LogP) is 3.26. The number of fused-ring (bicyclic) bond motifs is 2. The summed E-state index contributed by atoms with van der Waals surface area (Å²) in [7, 11) is 0. The lowest BCUT2D eigenvalue weighted by molar-refractivity contribution is -0.161. The van der Waals surface area contributed by atoms with Crippen molar-refractivity contribution in [3.05, 3.63) is 65.6 Å². The number of hydrogen-bond donors (Lipinski definition) is 1. The molecule has 0 atom stereocenters. The molecule has 0 saturated heterocycles. The van der Waals surface area contributed by atoms with E-state index in [1.165, 1.54) is 29.0 Å². The molecule has 3 aromatic heterocycles. The highest BCUT2D eigenvalue weighted by molar-refractivity contribution is 6.02. The summed E-state index contributed by atoms with van der Waals surface area (Å²) < 4.78 is 62.0. The SMILES string of the molecule is O=C(OCC(F)(F)F)c1c(F)ccc2cc(CNC(=O)c3cnn4cccnc34)oc12. The lowest BCUT2D eigenvalue weighted by atomic mass is 10.1. The summed E-state index contributed by atoms with van der Waals surface area (Å²) in [5, 5.41) is 6.83. The predicted molar refractivity (Wildman–Crippen MR) is 96.7 cm³/mol. The van der Waals surface area contributed by atoms with E-state index in [1.54, 1.807) is 12.3 Å². The molecule has 0 radical (unpaired) electrons. The number of halogens is 4. The maximum Gasteiger partial charge on any atom is 0.422 e. The van der Waals surface area contributed by atoms with Crippen LogP contribution in [0.1, 0.15) is 26.5 Å². The first-order valence-corrected chi connectivity index (χ1v) is 8.74. The molecule has 8 nitrogen and oxygen atoms in total. The van der Waals surface area contributed by atoms with Gasteiger partial charge in [-0.2, -0.15) is 18.3 Å². The van der Waals surface area contributed by atoms with Gasteiger partial charge < -0.3 is 14.5 Å². The average molecular weight is 436 g/mol. The molecule has 4 aromatic rings. The summed E-state index contributed by atoms with van der Waals surface area (Å²) in [6.45, 7) is -2.00. The minimum atomic E-state index is -4.76. The van der Waals surface area contributed by atoms with Crippen LogP contribution in [0.4, 0.5) is 17.6 Å². The molecule has 0 saturated carbocycles. The Balaban J connectivity index is 1.54. The highest BCUT2D eigenvalue weighted by atomic mass is 19.4. The van der Waals surface area contributed by atoms with Crippen LogP contribution in [0.2, 0.25) is 0 Å². The van der Waals surface area contributed by atoms with Crippen molar-refractivity contribution < 1.29 is 36.3 Å². The highest BCUT2D eigenvalue weighted by Gasteiger charge is 2.31. The van der Waals surface area contributed by atoms with Crippen molar-refractivity contribution in [2.24, 2.45) is 0 Å². The molecule has 31 heavy (non-hydrogen) atoms. The first-order valence-electron chi connectivity index (χ1n) is 8.74. The molecule has 12 heteroatoms. The fourth-order valence-electron chi connectivity index (χ4n) is 2.88. The second-order valence-corrected chi connectivity index (χ2v) is 6.37. The van der Waals surface area contributed by atoms with Crippen LogP contribution in [0, 0.1) is 5.82 Å². The van der Waals surface area contributed by atoms with Gasteiger partial charge in [-0.1, -0.05) is 0 Å². The highest BCUT2D eigenvalue weighted by Crippen LogP contribution is 2.27. The fraction of sp³-hybridized carbons (Fsp3) is 0.158. The summed E-state index contributed by atoms with van der Waals surface area (Å²) in [6.07, 6.45) is -0.306. The van der Waals surface area contributed by atoms with E-state index in [0.29, 0.717) is 5.65 Å². The van der Waals surface area contributed by atoms with Crippen LogP contribution in [-0.4, -0.2) is 39.3 Å². The number of amides is 1. The number of nitrogens with one attached hydrogen (secondary N) is 1. The van der Waals surface area contributed by atoms with Crippen LogP contribution >= 0.6 is 0 Å². The van der Waals surface area contributed by atoms with Crippen molar-refractivity contribution in [3.63, 3.8) is 0 Å². The van der Waals surface area contributed by atoms with E-state index in [2.05, 4.69) is 20.1 Å². The zero-order valence-electron chi connectivity index (χ0n) is 15.4. The average Bonchev–Trinajstić information content (AvgIpc) is 3.33. The third-order valence-electron chi connectivity index (χ3n) is 4.21. The molecule has 4 rings (SSSR count). The molecule has 0 unspecified atom stereocenters. The van der Waals surface area contributed by atoms with Crippen molar-refractivity contribution >= 4 is 28.5 Å². The van der Waals surface area contributed by atoms with Crippen molar-refractivity contribution in [2.45, 2.75) is 12.7 Å². The Bertz CT molecular complexity index is 1300. The Morgan fingerprint density at radius 3 is 2.84 bits per heavy atom. The summed E-state index contributed by atoms with van der Waals surface area (Å²) in [5.74, 6) is -2.97. The smallest absolute Gasteiger partial charge is 0.422 e. The molecule has 1 N–H and O–H groups in total.